The van der Waals surface area contributed by atoms with Gasteiger partial charge in [0.25, 0.3) is 0 Å². The second-order valence-electron chi connectivity index (χ2n) is 9.73. The van der Waals surface area contributed by atoms with E-state index in [9.17, 15) is 25.2 Å². The van der Waals surface area contributed by atoms with Crippen molar-refractivity contribution in [2.45, 2.75) is 70.2 Å². The summed E-state index contributed by atoms with van der Waals surface area (Å²) < 4.78 is 5.45. The number of aliphatic hydroxyl groups excluding tert-OH is 4. The second kappa shape index (κ2) is 8.77. The molecular weight excluding hydrogens is 416 g/mol. The van der Waals surface area contributed by atoms with E-state index in [2.05, 4.69) is 10.2 Å². The van der Waals surface area contributed by atoms with Crippen molar-refractivity contribution in [2.24, 2.45) is 0 Å². The van der Waals surface area contributed by atoms with Crippen LogP contribution < -0.4 is 10.2 Å². The van der Waals surface area contributed by atoms with Gasteiger partial charge in [0, 0.05) is 43.0 Å². The normalized spacial score (nSPS) is 31.5. The number of hydrogen-bond donors (Lipinski definition) is 5. The van der Waals surface area contributed by atoms with Gasteiger partial charge in [-0.2, -0.15) is 0 Å². The summed E-state index contributed by atoms with van der Waals surface area (Å²) in [5, 5.41) is 44.5. The number of rotatable bonds is 2. The molecule has 0 saturated carbocycles. The highest BCUT2D eigenvalue weighted by molar-refractivity contribution is 5.68. The van der Waals surface area contributed by atoms with Gasteiger partial charge in [0.05, 0.1) is 6.04 Å². The molecule has 0 spiro atoms. The molecule has 3 aliphatic heterocycles. The molecule has 10 heteroatoms. The van der Waals surface area contributed by atoms with Crippen molar-refractivity contribution in [1.29, 1.82) is 0 Å². The first-order valence-corrected chi connectivity index (χ1v) is 11.2. The van der Waals surface area contributed by atoms with Crippen LogP contribution in [0.4, 0.5) is 10.5 Å². The van der Waals surface area contributed by atoms with Crippen LogP contribution in [-0.2, 0) is 4.74 Å². The van der Waals surface area contributed by atoms with Crippen molar-refractivity contribution >= 4 is 11.8 Å². The Morgan fingerprint density at radius 2 is 1.66 bits per heavy atom. The Morgan fingerprint density at radius 1 is 1.00 bits per heavy atom. The Labute approximate surface area is 188 Å². The summed E-state index contributed by atoms with van der Waals surface area (Å²) in [6, 6.07) is 5.04. The quantitative estimate of drug-likeness (QED) is 0.436. The summed E-state index contributed by atoms with van der Waals surface area (Å²) >= 11 is 0. The lowest BCUT2D eigenvalue weighted by Crippen LogP contribution is -2.57. The number of benzene rings is 1. The lowest BCUT2D eigenvalue weighted by atomic mass is 10.0. The fraction of sp³-hybridized carbons (Fsp3) is 0.682. The van der Waals surface area contributed by atoms with Gasteiger partial charge in [0.2, 0.25) is 0 Å². The molecule has 5 atom stereocenters. The first-order chi connectivity index (χ1) is 15.0. The smallest absolute Gasteiger partial charge is 0.410 e. The molecule has 5 N–H and O–H groups in total. The van der Waals surface area contributed by atoms with Crippen LogP contribution in [0, 0.1) is 0 Å². The van der Waals surface area contributed by atoms with E-state index in [1.54, 1.807) is 11.0 Å². The number of fused-ring (bicyclic) bond motifs is 1. The van der Waals surface area contributed by atoms with Crippen LogP contribution in [0.15, 0.2) is 18.2 Å². The number of nitrogens with one attached hydrogen (secondary N) is 1. The van der Waals surface area contributed by atoms with Gasteiger partial charge >= 0.3 is 6.09 Å². The predicted molar refractivity (Wildman–Crippen MR) is 116 cm³/mol. The molecule has 5 unspecified atom stereocenters. The maximum absolute atomic E-state index is 12.3. The van der Waals surface area contributed by atoms with Gasteiger partial charge in [-0.15, -0.1) is 0 Å². The average molecular weight is 451 g/mol. The molecule has 0 aromatic heterocycles. The molecule has 1 amide bonds. The highest BCUT2D eigenvalue weighted by Gasteiger charge is 2.45. The lowest BCUT2D eigenvalue weighted by molar-refractivity contribution is -0.159. The minimum atomic E-state index is -1.07. The summed E-state index contributed by atoms with van der Waals surface area (Å²) in [6.45, 7) is 7.86. The van der Waals surface area contributed by atoms with Gasteiger partial charge in [-0.05, 0) is 45.7 Å². The molecule has 2 fully saturated rings. The van der Waals surface area contributed by atoms with Gasteiger partial charge in [-0.25, -0.2) is 9.69 Å². The molecule has 2 saturated heterocycles. The van der Waals surface area contributed by atoms with Crippen molar-refractivity contribution in [3.8, 4) is 0 Å². The molecule has 3 aliphatic rings. The van der Waals surface area contributed by atoms with Crippen LogP contribution in [0.1, 0.15) is 57.2 Å². The van der Waals surface area contributed by atoms with E-state index in [4.69, 9.17) is 4.74 Å². The van der Waals surface area contributed by atoms with Crippen LogP contribution in [0.25, 0.3) is 0 Å². The third kappa shape index (κ3) is 4.57. The van der Waals surface area contributed by atoms with E-state index in [1.807, 2.05) is 32.9 Å². The number of piperidine rings is 1. The molecular formula is C22H34N4O6. The zero-order valence-corrected chi connectivity index (χ0v) is 18.8. The zero-order chi connectivity index (χ0) is 23.2. The summed E-state index contributed by atoms with van der Waals surface area (Å²) in [5.74, 6) is 0. The predicted octanol–water partition coefficient (Wildman–Crippen LogP) is 0.430. The second-order valence-corrected chi connectivity index (χ2v) is 9.73. The molecule has 1 aromatic carbocycles. The maximum Gasteiger partial charge on any atom is 0.410 e. The van der Waals surface area contributed by atoms with Crippen LogP contribution >= 0.6 is 0 Å². The van der Waals surface area contributed by atoms with Gasteiger partial charge in [-0.1, -0.05) is 6.07 Å². The van der Waals surface area contributed by atoms with Crippen molar-refractivity contribution in [3.05, 3.63) is 29.3 Å². The Hall–Kier alpha value is -1.95. The minimum Gasteiger partial charge on any atom is -0.444 e. The zero-order valence-electron chi connectivity index (χ0n) is 18.8. The highest BCUT2D eigenvalue weighted by Crippen LogP contribution is 2.44. The fourth-order valence-electron chi connectivity index (χ4n) is 4.70. The standard InChI is InChI=1S/C22H34N4O6/c1-22(2,3)32-21(31)25-10-8-24(9-11-25)13-4-5-14-15(12-13)20(30)26(19(14)29)16-6-7-17(27)23-18(16)28/h4-5,12,16-20,23,27-30H,6-11H2,1-3H3. The largest absolute Gasteiger partial charge is 0.444 e. The van der Waals surface area contributed by atoms with E-state index < -0.39 is 36.6 Å². The van der Waals surface area contributed by atoms with Crippen LogP contribution in [0.3, 0.4) is 0 Å². The number of hydrogen-bond acceptors (Lipinski definition) is 9. The molecule has 178 valence electrons. The van der Waals surface area contributed by atoms with Crippen LogP contribution in [0.2, 0.25) is 0 Å². The van der Waals surface area contributed by atoms with Gasteiger partial charge in [0.1, 0.15) is 30.5 Å². The third-order valence-electron chi connectivity index (χ3n) is 6.33. The Kier molecular flexibility index (Phi) is 6.36. The molecule has 0 bridgehead atoms. The van der Waals surface area contributed by atoms with Crippen LogP contribution in [-0.4, -0.2) is 86.6 Å². The minimum absolute atomic E-state index is 0.315. The maximum atomic E-state index is 12.3. The van der Waals surface area contributed by atoms with Gasteiger partial charge < -0.3 is 35.0 Å². The first kappa shape index (κ1) is 23.2. The lowest BCUT2D eigenvalue weighted by Gasteiger charge is -2.40. The van der Waals surface area contributed by atoms with Crippen molar-refractivity contribution < 1.29 is 30.0 Å². The summed E-state index contributed by atoms with van der Waals surface area (Å²) in [4.78, 5) is 17.6. The Bertz CT molecular complexity index is 838. The van der Waals surface area contributed by atoms with Crippen molar-refractivity contribution in [3.63, 3.8) is 0 Å². The first-order valence-electron chi connectivity index (χ1n) is 11.2. The Morgan fingerprint density at radius 3 is 2.28 bits per heavy atom. The van der Waals surface area contributed by atoms with E-state index in [1.165, 1.54) is 4.90 Å². The summed E-state index contributed by atoms with van der Waals surface area (Å²) in [5.41, 5.74) is 1.57. The van der Waals surface area contributed by atoms with E-state index in [-0.39, 0.29) is 6.09 Å². The number of amides is 1. The highest BCUT2D eigenvalue weighted by atomic mass is 16.6. The molecule has 0 aliphatic carbocycles. The van der Waals surface area contributed by atoms with Crippen molar-refractivity contribution in [2.75, 3.05) is 31.1 Å². The van der Waals surface area contributed by atoms with E-state index >= 15 is 0 Å². The SMILES string of the molecule is CC(C)(C)OC(=O)N1CCN(c2ccc3c(c2)C(O)N(C2CCC(O)NC2O)C3O)CC1. The molecule has 0 radical (unpaired) electrons. The van der Waals surface area contributed by atoms with Crippen LogP contribution in [0.5, 0.6) is 0 Å². The number of anilines is 1. The number of piperazine rings is 1. The van der Waals surface area contributed by atoms with E-state index in [0.717, 1.165) is 5.69 Å². The number of carbonyl (C=O) groups is 1. The number of nitrogens with zero attached hydrogens (tertiary/aromatic N) is 3. The monoisotopic (exact) mass is 450 g/mol. The molecule has 10 nitrogen and oxygen atoms in total. The number of carbonyl (C=O) groups excluding carboxylic acids is 1. The number of ether oxygens (including phenoxy) is 1. The van der Waals surface area contributed by atoms with E-state index in [0.29, 0.717) is 50.1 Å². The third-order valence-corrected chi connectivity index (χ3v) is 6.33. The summed E-state index contributed by atoms with van der Waals surface area (Å²) in [6.07, 6.45) is -3.43. The topological polar surface area (TPSA) is 129 Å². The Balaban J connectivity index is 1.44. The fourth-order valence-corrected chi connectivity index (χ4v) is 4.70. The summed E-state index contributed by atoms with van der Waals surface area (Å²) in [7, 11) is 0. The molecule has 1 aromatic rings. The average Bonchev–Trinajstić information content (AvgIpc) is 2.97. The van der Waals surface area contributed by atoms with Crippen molar-refractivity contribution in [1.82, 2.24) is 15.1 Å². The van der Waals surface area contributed by atoms with Gasteiger partial charge in [0.15, 0.2) is 0 Å². The van der Waals surface area contributed by atoms with Gasteiger partial charge in [-0.3, -0.25) is 5.32 Å². The molecule has 4 rings (SSSR count). The molecule has 3 heterocycles. The number of aliphatic hydroxyl groups is 4. The molecule has 32 heavy (non-hydrogen) atoms.